The number of aliphatic hydroxyl groups is 1. The van der Waals surface area contributed by atoms with Crippen LogP contribution in [0.15, 0.2) is 66.7 Å². The maximum absolute atomic E-state index is 13.2. The summed E-state index contributed by atoms with van der Waals surface area (Å²) in [6, 6.07) is 16.6. The smallest absolute Gasteiger partial charge is 0.417 e. The van der Waals surface area contributed by atoms with Gasteiger partial charge in [-0.15, -0.1) is 0 Å². The van der Waals surface area contributed by atoms with Crippen LogP contribution in [0.2, 0.25) is 0 Å². The minimum atomic E-state index is -5.16. The highest BCUT2D eigenvalue weighted by molar-refractivity contribution is 5.65. The fourth-order valence-corrected chi connectivity index (χ4v) is 3.29. The third-order valence-electron chi connectivity index (χ3n) is 4.86. The molecule has 0 bridgehead atoms. The van der Waals surface area contributed by atoms with Gasteiger partial charge < -0.3 is 15.2 Å². The molecule has 0 atom stereocenters. The van der Waals surface area contributed by atoms with Crippen molar-refractivity contribution >= 4 is 0 Å². The molecular formula is C24H21F6NO2. The summed E-state index contributed by atoms with van der Waals surface area (Å²) >= 11 is 0. The van der Waals surface area contributed by atoms with Crippen LogP contribution in [-0.2, 0) is 25.5 Å². The second-order valence-electron chi connectivity index (χ2n) is 7.25. The molecule has 0 aliphatic rings. The van der Waals surface area contributed by atoms with Crippen LogP contribution in [-0.4, -0.2) is 18.3 Å². The third kappa shape index (κ3) is 6.49. The van der Waals surface area contributed by atoms with Gasteiger partial charge in [0.25, 0.3) is 0 Å². The lowest BCUT2D eigenvalue weighted by Crippen LogP contribution is -2.18. The lowest BCUT2D eigenvalue weighted by Gasteiger charge is -2.18. The highest BCUT2D eigenvalue weighted by Gasteiger charge is 2.43. The van der Waals surface area contributed by atoms with Crippen LogP contribution in [0.5, 0.6) is 5.75 Å². The summed E-state index contributed by atoms with van der Waals surface area (Å²) in [6.07, 6.45) is -10.3. The first-order valence-electron chi connectivity index (χ1n) is 9.99. The minimum absolute atomic E-state index is 0.0447. The van der Waals surface area contributed by atoms with Crippen molar-refractivity contribution in [2.45, 2.75) is 25.5 Å². The molecule has 33 heavy (non-hydrogen) atoms. The zero-order chi connectivity index (χ0) is 24.1. The van der Waals surface area contributed by atoms with Gasteiger partial charge in [0.1, 0.15) is 12.4 Å². The van der Waals surface area contributed by atoms with Crippen molar-refractivity contribution in [3.63, 3.8) is 0 Å². The third-order valence-corrected chi connectivity index (χ3v) is 4.86. The average Bonchev–Trinajstić information content (AvgIpc) is 2.77. The fraction of sp³-hybridized carbons (Fsp3) is 0.250. The van der Waals surface area contributed by atoms with Crippen LogP contribution in [0.25, 0.3) is 11.1 Å². The van der Waals surface area contributed by atoms with Gasteiger partial charge in [0.05, 0.1) is 17.7 Å². The Morgan fingerprint density at radius 2 is 1.45 bits per heavy atom. The van der Waals surface area contributed by atoms with E-state index in [0.29, 0.717) is 36.5 Å². The Kier molecular flexibility index (Phi) is 7.65. The highest BCUT2D eigenvalue weighted by atomic mass is 19.4. The zero-order valence-electron chi connectivity index (χ0n) is 17.3. The van der Waals surface area contributed by atoms with E-state index in [1.807, 2.05) is 36.4 Å². The molecule has 0 radical (unpaired) electrons. The number of nitrogens with one attached hydrogen (secondary N) is 1. The maximum atomic E-state index is 13.2. The summed E-state index contributed by atoms with van der Waals surface area (Å²) in [7, 11) is 0. The van der Waals surface area contributed by atoms with Crippen LogP contribution in [0.1, 0.15) is 22.3 Å². The van der Waals surface area contributed by atoms with E-state index >= 15 is 0 Å². The Labute approximate surface area is 186 Å². The van der Waals surface area contributed by atoms with E-state index in [1.165, 1.54) is 0 Å². The minimum Gasteiger partial charge on any atom is -0.489 e. The summed E-state index contributed by atoms with van der Waals surface area (Å²) in [6.45, 7) is 0.208. The van der Waals surface area contributed by atoms with E-state index in [-0.39, 0.29) is 18.8 Å². The fourth-order valence-electron chi connectivity index (χ4n) is 3.29. The topological polar surface area (TPSA) is 41.5 Å². The van der Waals surface area contributed by atoms with Crippen molar-refractivity contribution in [3.8, 4) is 16.9 Å². The largest absolute Gasteiger partial charge is 0.489 e. The van der Waals surface area contributed by atoms with E-state index in [4.69, 9.17) is 9.84 Å². The SMILES string of the molecule is OCCNCc1cc(-c2ccccc2)ccc1OCc1ccc(C(F)(F)F)c(C(F)(F)F)c1. The molecular weight excluding hydrogens is 448 g/mol. The molecule has 2 N–H and O–H groups in total. The number of hydrogen-bond acceptors (Lipinski definition) is 3. The first-order valence-corrected chi connectivity index (χ1v) is 9.99. The summed E-state index contributed by atoms with van der Waals surface area (Å²) in [5, 5.41) is 12.0. The molecule has 0 fully saturated rings. The molecule has 0 unspecified atom stereocenters. The molecule has 176 valence electrons. The van der Waals surface area contributed by atoms with Crippen molar-refractivity contribution in [2.75, 3.05) is 13.2 Å². The number of benzene rings is 3. The lowest BCUT2D eigenvalue weighted by atomic mass is 10.0. The number of hydrogen-bond donors (Lipinski definition) is 2. The van der Waals surface area contributed by atoms with Gasteiger partial charge in [0.15, 0.2) is 0 Å². The van der Waals surface area contributed by atoms with Crippen LogP contribution < -0.4 is 10.1 Å². The van der Waals surface area contributed by atoms with Gasteiger partial charge in [-0.2, -0.15) is 26.3 Å². The molecule has 3 aromatic rings. The molecule has 3 nitrogen and oxygen atoms in total. The van der Waals surface area contributed by atoms with Gasteiger partial charge >= 0.3 is 12.4 Å². The molecule has 0 aliphatic carbocycles. The number of ether oxygens (including phenoxy) is 1. The Bertz CT molecular complexity index is 1060. The van der Waals surface area contributed by atoms with Crippen LogP contribution in [0.3, 0.4) is 0 Å². The van der Waals surface area contributed by atoms with E-state index in [9.17, 15) is 26.3 Å². The summed E-state index contributed by atoms with van der Waals surface area (Å²) in [5.74, 6) is 0.369. The lowest BCUT2D eigenvalue weighted by molar-refractivity contribution is -0.162. The summed E-state index contributed by atoms with van der Waals surface area (Å²) in [4.78, 5) is 0. The van der Waals surface area contributed by atoms with Crippen LogP contribution >= 0.6 is 0 Å². The highest BCUT2D eigenvalue weighted by Crippen LogP contribution is 2.40. The molecule has 3 rings (SSSR count). The average molecular weight is 469 g/mol. The standard InChI is InChI=1S/C24H21F6NO2/c25-23(26,27)20-8-6-16(12-21(20)24(28,29)30)15-33-22-9-7-18(17-4-2-1-3-5-17)13-19(22)14-31-10-11-32/h1-9,12-13,31-32H,10-11,14-15H2. The van der Waals surface area contributed by atoms with E-state index < -0.39 is 23.5 Å². The van der Waals surface area contributed by atoms with E-state index in [2.05, 4.69) is 5.32 Å². The quantitative estimate of drug-likeness (QED) is 0.312. The number of rotatable bonds is 8. The number of aliphatic hydroxyl groups excluding tert-OH is 1. The van der Waals surface area contributed by atoms with E-state index in [0.717, 1.165) is 17.2 Å². The molecule has 0 saturated heterocycles. The van der Waals surface area contributed by atoms with Gasteiger partial charge in [-0.25, -0.2) is 0 Å². The Morgan fingerprint density at radius 1 is 0.758 bits per heavy atom. The van der Waals surface area contributed by atoms with Crippen LogP contribution in [0.4, 0.5) is 26.3 Å². The zero-order valence-corrected chi connectivity index (χ0v) is 17.3. The second-order valence-corrected chi connectivity index (χ2v) is 7.25. The van der Waals surface area contributed by atoms with Crippen molar-refractivity contribution in [1.82, 2.24) is 5.32 Å². The van der Waals surface area contributed by atoms with Crippen molar-refractivity contribution in [3.05, 3.63) is 89.0 Å². The molecule has 0 aliphatic heterocycles. The first-order chi connectivity index (χ1) is 15.6. The van der Waals surface area contributed by atoms with E-state index in [1.54, 1.807) is 12.1 Å². The molecule has 0 amide bonds. The molecule has 3 aromatic carbocycles. The summed E-state index contributed by atoms with van der Waals surface area (Å²) < 4.78 is 84.2. The normalized spacial score (nSPS) is 12.1. The molecule has 0 saturated carbocycles. The second kappa shape index (κ2) is 10.3. The van der Waals surface area contributed by atoms with Gasteiger partial charge in [0, 0.05) is 18.7 Å². The van der Waals surface area contributed by atoms with Crippen molar-refractivity contribution in [1.29, 1.82) is 0 Å². The predicted molar refractivity (Wildman–Crippen MR) is 111 cm³/mol. The van der Waals surface area contributed by atoms with Gasteiger partial charge in [-0.3, -0.25) is 0 Å². The maximum Gasteiger partial charge on any atom is 0.417 e. The molecule has 0 heterocycles. The molecule has 0 aromatic heterocycles. The van der Waals surface area contributed by atoms with Crippen LogP contribution in [0, 0.1) is 0 Å². The Balaban J connectivity index is 1.86. The summed E-state index contributed by atoms with van der Waals surface area (Å²) in [5.41, 5.74) is -1.01. The Hall–Kier alpha value is -3.04. The first kappa shape index (κ1) is 24.6. The van der Waals surface area contributed by atoms with Crippen molar-refractivity contribution < 1.29 is 36.2 Å². The molecule has 9 heteroatoms. The van der Waals surface area contributed by atoms with Gasteiger partial charge in [0.2, 0.25) is 0 Å². The Morgan fingerprint density at radius 3 is 2.09 bits per heavy atom. The van der Waals surface area contributed by atoms with Gasteiger partial charge in [-0.05, 0) is 41.0 Å². The van der Waals surface area contributed by atoms with Gasteiger partial charge in [-0.1, -0.05) is 42.5 Å². The predicted octanol–water partition coefficient (Wildman–Crippen LogP) is 6.05. The number of alkyl halides is 6. The number of halogens is 6. The molecule has 0 spiro atoms. The monoisotopic (exact) mass is 469 g/mol. The van der Waals surface area contributed by atoms with Crippen molar-refractivity contribution in [2.24, 2.45) is 0 Å².